The fraction of sp³-hybridized carbons (Fsp3) is 0.923. The number of ketones is 1. The van der Waals surface area contributed by atoms with Crippen molar-refractivity contribution in [1.82, 2.24) is 0 Å². The molecule has 0 aromatic heterocycles. The standard InChI is InChI=1S/C26H42O4/c1-5-17-21-14-16(27)10-12-26(21,4)20-11-13-25(3)18(15(2)6-9-22(28)29)7-8-19(25)23(20)24(17)30/h15-21,23,27H,5-14H2,1-4H3,(H,28,29)/t15-,16-,17-,18-,19?,20+,21?,23?,25-,26-/m1/s1. The van der Waals surface area contributed by atoms with Crippen LogP contribution < -0.4 is 0 Å². The molecule has 2 N–H and O–H groups in total. The van der Waals surface area contributed by atoms with Crippen LogP contribution in [-0.4, -0.2) is 28.1 Å². The molecule has 170 valence electrons. The van der Waals surface area contributed by atoms with Gasteiger partial charge in [0.1, 0.15) is 5.78 Å². The topological polar surface area (TPSA) is 74.6 Å². The highest BCUT2D eigenvalue weighted by Gasteiger charge is 2.65. The lowest BCUT2D eigenvalue weighted by Crippen LogP contribution is -2.60. The van der Waals surface area contributed by atoms with Crippen molar-refractivity contribution in [3.8, 4) is 0 Å². The number of carboxylic acid groups (broad SMARTS) is 1. The molecule has 0 bridgehead atoms. The van der Waals surface area contributed by atoms with Crippen LogP contribution in [0.15, 0.2) is 0 Å². The lowest BCUT2D eigenvalue weighted by Gasteiger charge is -2.62. The number of carboxylic acids is 1. The zero-order valence-corrected chi connectivity index (χ0v) is 19.4. The molecule has 0 aromatic carbocycles. The molecule has 4 aliphatic rings. The van der Waals surface area contributed by atoms with Gasteiger partial charge in [0.2, 0.25) is 0 Å². The van der Waals surface area contributed by atoms with E-state index < -0.39 is 5.97 Å². The molecule has 0 radical (unpaired) electrons. The maximum absolute atomic E-state index is 13.9. The van der Waals surface area contributed by atoms with E-state index in [-0.39, 0.29) is 35.2 Å². The third kappa shape index (κ3) is 3.27. The van der Waals surface area contributed by atoms with Gasteiger partial charge >= 0.3 is 5.97 Å². The predicted molar refractivity (Wildman–Crippen MR) is 117 cm³/mol. The summed E-state index contributed by atoms with van der Waals surface area (Å²) in [6, 6.07) is 0. The van der Waals surface area contributed by atoms with Crippen molar-refractivity contribution in [2.75, 3.05) is 0 Å². The third-order valence-electron chi connectivity index (χ3n) is 10.7. The molecule has 0 amide bonds. The minimum absolute atomic E-state index is 0.108. The molecule has 4 fully saturated rings. The van der Waals surface area contributed by atoms with Crippen molar-refractivity contribution >= 4 is 11.8 Å². The summed E-state index contributed by atoms with van der Waals surface area (Å²) in [6.45, 7) is 9.28. The zero-order valence-electron chi connectivity index (χ0n) is 19.4. The summed E-state index contributed by atoms with van der Waals surface area (Å²) in [5, 5.41) is 19.5. The van der Waals surface area contributed by atoms with E-state index in [9.17, 15) is 14.7 Å². The Morgan fingerprint density at radius 3 is 2.40 bits per heavy atom. The quantitative estimate of drug-likeness (QED) is 0.633. The molecule has 3 unspecified atom stereocenters. The number of Topliss-reactive ketones (excluding diaryl/α,β-unsaturated/α-hetero) is 1. The molecule has 4 nitrogen and oxygen atoms in total. The first-order valence-corrected chi connectivity index (χ1v) is 12.6. The van der Waals surface area contributed by atoms with E-state index in [2.05, 4.69) is 27.7 Å². The number of hydrogen-bond acceptors (Lipinski definition) is 3. The molecule has 4 heteroatoms. The number of rotatable bonds is 5. The number of carbonyl (C=O) groups is 2. The van der Waals surface area contributed by atoms with E-state index in [1.54, 1.807) is 0 Å². The van der Waals surface area contributed by atoms with Crippen LogP contribution in [0, 0.1) is 52.3 Å². The molecule has 4 aliphatic carbocycles. The average Bonchev–Trinajstić information content (AvgIpc) is 3.05. The second-order valence-electron chi connectivity index (χ2n) is 11.8. The van der Waals surface area contributed by atoms with Crippen molar-refractivity contribution in [2.24, 2.45) is 52.3 Å². The van der Waals surface area contributed by atoms with E-state index in [4.69, 9.17) is 5.11 Å². The average molecular weight is 419 g/mol. The first-order valence-electron chi connectivity index (χ1n) is 12.6. The monoisotopic (exact) mass is 418 g/mol. The Labute approximate surface area is 182 Å². The molecule has 30 heavy (non-hydrogen) atoms. The molecular weight excluding hydrogens is 376 g/mol. The number of aliphatic hydroxyl groups is 1. The van der Waals surface area contributed by atoms with Crippen molar-refractivity contribution < 1.29 is 19.8 Å². The van der Waals surface area contributed by atoms with Gasteiger partial charge in [-0.2, -0.15) is 0 Å². The first-order chi connectivity index (χ1) is 14.1. The van der Waals surface area contributed by atoms with Gasteiger partial charge in [0, 0.05) is 18.3 Å². The Bertz CT molecular complexity index is 689. The minimum Gasteiger partial charge on any atom is -0.481 e. The van der Waals surface area contributed by atoms with Crippen LogP contribution in [0.25, 0.3) is 0 Å². The second-order valence-corrected chi connectivity index (χ2v) is 11.8. The van der Waals surface area contributed by atoms with Gasteiger partial charge < -0.3 is 10.2 Å². The van der Waals surface area contributed by atoms with Gasteiger partial charge in [-0.15, -0.1) is 0 Å². The van der Waals surface area contributed by atoms with Crippen LogP contribution in [0.2, 0.25) is 0 Å². The first kappa shape index (κ1) is 22.3. The van der Waals surface area contributed by atoms with Gasteiger partial charge in [0.15, 0.2) is 0 Å². The Morgan fingerprint density at radius 2 is 1.73 bits per heavy atom. The summed E-state index contributed by atoms with van der Waals surface area (Å²) < 4.78 is 0. The molecule has 0 aliphatic heterocycles. The highest BCUT2D eigenvalue weighted by molar-refractivity contribution is 5.86. The lowest BCUT2D eigenvalue weighted by molar-refractivity contribution is -0.173. The van der Waals surface area contributed by atoms with Gasteiger partial charge in [-0.25, -0.2) is 0 Å². The zero-order chi connectivity index (χ0) is 21.8. The van der Waals surface area contributed by atoms with Gasteiger partial charge in [0.05, 0.1) is 6.10 Å². The van der Waals surface area contributed by atoms with E-state index in [0.717, 1.165) is 51.4 Å². The van der Waals surface area contributed by atoms with Gasteiger partial charge in [0.25, 0.3) is 0 Å². The largest absolute Gasteiger partial charge is 0.481 e. The maximum Gasteiger partial charge on any atom is 0.303 e. The third-order valence-corrected chi connectivity index (χ3v) is 10.7. The molecule has 0 saturated heterocycles. The van der Waals surface area contributed by atoms with Gasteiger partial charge in [-0.05, 0) is 98.2 Å². The number of hydrogen-bond donors (Lipinski definition) is 2. The molecule has 4 saturated carbocycles. The summed E-state index contributed by atoms with van der Waals surface area (Å²) >= 11 is 0. The fourth-order valence-corrected chi connectivity index (χ4v) is 9.16. The van der Waals surface area contributed by atoms with Crippen molar-refractivity contribution in [3.63, 3.8) is 0 Å². The van der Waals surface area contributed by atoms with Gasteiger partial charge in [-0.3, -0.25) is 9.59 Å². The Kier molecular flexibility index (Phi) is 5.87. The van der Waals surface area contributed by atoms with E-state index in [1.165, 1.54) is 6.42 Å². The summed E-state index contributed by atoms with van der Waals surface area (Å²) in [6.07, 6.45) is 9.01. The van der Waals surface area contributed by atoms with Crippen LogP contribution in [0.4, 0.5) is 0 Å². The van der Waals surface area contributed by atoms with Crippen molar-refractivity contribution in [2.45, 2.75) is 98.0 Å². The van der Waals surface area contributed by atoms with Crippen LogP contribution in [-0.2, 0) is 9.59 Å². The summed E-state index contributed by atoms with van der Waals surface area (Å²) in [5.41, 5.74) is 0.358. The van der Waals surface area contributed by atoms with Crippen LogP contribution in [0.5, 0.6) is 0 Å². The van der Waals surface area contributed by atoms with Gasteiger partial charge in [-0.1, -0.05) is 27.7 Å². The Hall–Kier alpha value is -0.900. The molecule has 10 atom stereocenters. The number of fused-ring (bicyclic) bond motifs is 5. The normalized spacial score (nSPS) is 49.1. The number of aliphatic carboxylic acids is 1. The SMILES string of the molecule is CC[C@H]1C(=O)C2C3CC[C@H]([C@H](C)CCC(=O)O)[C@@]3(C)CC[C@@H]2[C@@]2(C)CC[C@@H](O)CC12. The van der Waals surface area contributed by atoms with Crippen molar-refractivity contribution in [1.29, 1.82) is 0 Å². The highest BCUT2D eigenvalue weighted by Crippen LogP contribution is 2.68. The second kappa shape index (κ2) is 7.90. The van der Waals surface area contributed by atoms with E-state index in [0.29, 0.717) is 35.4 Å². The van der Waals surface area contributed by atoms with Crippen LogP contribution in [0.3, 0.4) is 0 Å². The van der Waals surface area contributed by atoms with Crippen LogP contribution in [0.1, 0.15) is 91.9 Å². The fourth-order valence-electron chi connectivity index (χ4n) is 9.16. The minimum atomic E-state index is -0.697. The van der Waals surface area contributed by atoms with Crippen LogP contribution >= 0.6 is 0 Å². The van der Waals surface area contributed by atoms with E-state index in [1.807, 2.05) is 0 Å². The van der Waals surface area contributed by atoms with E-state index >= 15 is 0 Å². The molecule has 0 heterocycles. The smallest absolute Gasteiger partial charge is 0.303 e. The maximum atomic E-state index is 13.9. The summed E-state index contributed by atoms with van der Waals surface area (Å²) in [7, 11) is 0. The molecule has 0 spiro atoms. The summed E-state index contributed by atoms with van der Waals surface area (Å²) in [4.78, 5) is 25.0. The molecule has 0 aromatic rings. The molecule has 4 rings (SSSR count). The predicted octanol–water partition coefficient (Wildman–Crippen LogP) is 5.32. The number of carbonyl (C=O) groups excluding carboxylic acids is 1. The Balaban J connectivity index is 1.62. The lowest BCUT2D eigenvalue weighted by atomic mass is 9.42. The Morgan fingerprint density at radius 1 is 1.07 bits per heavy atom. The highest BCUT2D eigenvalue weighted by atomic mass is 16.4. The summed E-state index contributed by atoms with van der Waals surface area (Å²) in [5.74, 6) is 2.31. The number of aliphatic hydroxyl groups excluding tert-OH is 1. The van der Waals surface area contributed by atoms with Crippen molar-refractivity contribution in [3.05, 3.63) is 0 Å². The molecular formula is C26H42O4.